The SMILES string of the molecule is COCc1cc(Nc2ccc3c(c2)CCC(=O)N3Cc2ccc(Cl)cc2)n2ncnc2n1. The minimum absolute atomic E-state index is 0.121. The molecule has 2 aromatic carbocycles. The van der Waals surface area contributed by atoms with Crippen LogP contribution < -0.4 is 10.2 Å². The van der Waals surface area contributed by atoms with Gasteiger partial charge >= 0.3 is 0 Å². The number of fused-ring (bicyclic) bond motifs is 2. The number of aryl methyl sites for hydroxylation is 1. The molecule has 1 N–H and O–H groups in total. The molecule has 0 spiro atoms. The molecule has 8 nitrogen and oxygen atoms in total. The van der Waals surface area contributed by atoms with Crippen molar-refractivity contribution in [2.24, 2.45) is 0 Å². The zero-order valence-electron chi connectivity index (χ0n) is 17.5. The van der Waals surface area contributed by atoms with Gasteiger partial charge in [-0.15, -0.1) is 0 Å². The molecule has 1 amide bonds. The maximum Gasteiger partial charge on any atom is 0.254 e. The highest BCUT2D eigenvalue weighted by atomic mass is 35.5. The van der Waals surface area contributed by atoms with E-state index in [1.165, 1.54) is 6.33 Å². The van der Waals surface area contributed by atoms with Crippen LogP contribution in [0.5, 0.6) is 0 Å². The molecule has 1 aliphatic heterocycles. The highest BCUT2D eigenvalue weighted by molar-refractivity contribution is 6.30. The molecular weight excluding hydrogens is 428 g/mol. The summed E-state index contributed by atoms with van der Waals surface area (Å²) in [6, 6.07) is 15.5. The van der Waals surface area contributed by atoms with Gasteiger partial charge in [-0.2, -0.15) is 14.6 Å². The van der Waals surface area contributed by atoms with Crippen LogP contribution in [0.2, 0.25) is 5.02 Å². The van der Waals surface area contributed by atoms with Crippen molar-refractivity contribution in [1.82, 2.24) is 19.6 Å². The molecular formula is C23H21ClN6O2. The van der Waals surface area contributed by atoms with Crippen molar-refractivity contribution < 1.29 is 9.53 Å². The second kappa shape index (κ2) is 8.57. The lowest BCUT2D eigenvalue weighted by atomic mass is 9.99. The fourth-order valence-corrected chi connectivity index (χ4v) is 4.03. The van der Waals surface area contributed by atoms with Crippen LogP contribution in [0.1, 0.15) is 23.2 Å². The molecule has 9 heteroatoms. The van der Waals surface area contributed by atoms with E-state index in [9.17, 15) is 4.79 Å². The number of halogens is 1. The van der Waals surface area contributed by atoms with E-state index in [0.717, 1.165) is 34.0 Å². The Kier molecular flexibility index (Phi) is 5.46. The summed E-state index contributed by atoms with van der Waals surface area (Å²) in [4.78, 5) is 23.1. The van der Waals surface area contributed by atoms with Crippen LogP contribution in [-0.4, -0.2) is 32.6 Å². The van der Waals surface area contributed by atoms with Gasteiger partial charge in [-0.25, -0.2) is 4.98 Å². The first-order valence-electron chi connectivity index (χ1n) is 10.2. The molecule has 0 fully saturated rings. The lowest BCUT2D eigenvalue weighted by Crippen LogP contribution is -2.34. The third-order valence-electron chi connectivity index (χ3n) is 5.40. The summed E-state index contributed by atoms with van der Waals surface area (Å²) < 4.78 is 6.87. The average molecular weight is 449 g/mol. The number of nitrogens with one attached hydrogen (secondary N) is 1. The molecule has 0 radical (unpaired) electrons. The first kappa shape index (κ1) is 20.4. The fraction of sp³-hybridized carbons (Fsp3) is 0.217. The molecule has 2 aromatic heterocycles. The molecule has 32 heavy (non-hydrogen) atoms. The number of hydrogen-bond acceptors (Lipinski definition) is 6. The molecule has 4 aromatic rings. The minimum atomic E-state index is 0.121. The predicted octanol–water partition coefficient (Wildman–Crippen LogP) is 4.15. The molecule has 0 aliphatic carbocycles. The Balaban J connectivity index is 1.44. The number of hydrogen-bond donors (Lipinski definition) is 1. The third kappa shape index (κ3) is 4.02. The zero-order valence-corrected chi connectivity index (χ0v) is 18.2. The van der Waals surface area contributed by atoms with Crippen molar-refractivity contribution in [3.05, 3.63) is 76.7 Å². The summed E-state index contributed by atoms with van der Waals surface area (Å²) in [6.45, 7) is 0.893. The first-order chi connectivity index (χ1) is 15.6. The van der Waals surface area contributed by atoms with Crippen LogP contribution in [0.3, 0.4) is 0 Å². The molecule has 0 bridgehead atoms. The number of methoxy groups -OCH3 is 1. The van der Waals surface area contributed by atoms with Crippen molar-refractivity contribution >= 4 is 40.5 Å². The van der Waals surface area contributed by atoms with E-state index in [4.69, 9.17) is 16.3 Å². The van der Waals surface area contributed by atoms with E-state index in [1.54, 1.807) is 11.6 Å². The van der Waals surface area contributed by atoms with Crippen molar-refractivity contribution in [2.45, 2.75) is 26.0 Å². The molecule has 0 saturated heterocycles. The lowest BCUT2D eigenvalue weighted by Gasteiger charge is -2.30. The number of carbonyl (C=O) groups excluding carboxylic acids is 1. The monoisotopic (exact) mass is 448 g/mol. The highest BCUT2D eigenvalue weighted by Crippen LogP contribution is 2.32. The molecule has 0 atom stereocenters. The van der Waals surface area contributed by atoms with Gasteiger partial charge in [0.25, 0.3) is 5.78 Å². The van der Waals surface area contributed by atoms with Gasteiger partial charge < -0.3 is 15.0 Å². The second-order valence-electron chi connectivity index (χ2n) is 7.61. The maximum atomic E-state index is 12.7. The first-order valence-corrected chi connectivity index (χ1v) is 10.6. The average Bonchev–Trinajstić information content (AvgIpc) is 3.26. The van der Waals surface area contributed by atoms with Crippen LogP contribution in [0.25, 0.3) is 5.78 Å². The van der Waals surface area contributed by atoms with Gasteiger partial charge in [-0.3, -0.25) is 4.79 Å². The Morgan fingerprint density at radius 3 is 2.78 bits per heavy atom. The summed E-state index contributed by atoms with van der Waals surface area (Å²) in [5.41, 5.74) is 4.74. The zero-order chi connectivity index (χ0) is 22.1. The minimum Gasteiger partial charge on any atom is -0.378 e. The largest absolute Gasteiger partial charge is 0.378 e. The van der Waals surface area contributed by atoms with E-state index in [-0.39, 0.29) is 5.91 Å². The van der Waals surface area contributed by atoms with Gasteiger partial charge in [0, 0.05) is 36.0 Å². The quantitative estimate of drug-likeness (QED) is 0.477. The Labute approximate surface area is 189 Å². The fourth-order valence-electron chi connectivity index (χ4n) is 3.90. The second-order valence-corrected chi connectivity index (χ2v) is 8.05. The van der Waals surface area contributed by atoms with E-state index in [2.05, 4.69) is 26.4 Å². The Morgan fingerprint density at radius 2 is 1.97 bits per heavy atom. The van der Waals surface area contributed by atoms with Crippen molar-refractivity contribution in [3.8, 4) is 0 Å². The number of ether oxygens (including phenoxy) is 1. The highest BCUT2D eigenvalue weighted by Gasteiger charge is 2.24. The van der Waals surface area contributed by atoms with E-state index in [0.29, 0.717) is 36.8 Å². The van der Waals surface area contributed by atoms with Crippen LogP contribution in [0.4, 0.5) is 17.2 Å². The number of benzene rings is 2. The topological polar surface area (TPSA) is 84.7 Å². The van der Waals surface area contributed by atoms with E-state index < -0.39 is 0 Å². The standard InChI is InChI=1S/C23H21ClN6O2/c1-32-13-19-11-21(30-23(28-19)25-14-26-30)27-18-7-8-20-16(10-18)4-9-22(31)29(20)12-15-2-5-17(24)6-3-15/h2-3,5-8,10-11,14,27H,4,9,12-13H2,1H3. The smallest absolute Gasteiger partial charge is 0.254 e. The van der Waals surface area contributed by atoms with Crippen LogP contribution in [0.15, 0.2) is 54.9 Å². The molecule has 1 aliphatic rings. The van der Waals surface area contributed by atoms with Gasteiger partial charge in [-0.1, -0.05) is 23.7 Å². The summed E-state index contributed by atoms with van der Waals surface area (Å²) >= 11 is 6.00. The molecule has 5 rings (SSSR count). The normalized spacial score (nSPS) is 13.4. The maximum absolute atomic E-state index is 12.7. The summed E-state index contributed by atoms with van der Waals surface area (Å²) in [7, 11) is 1.63. The Bertz CT molecular complexity index is 1290. The lowest BCUT2D eigenvalue weighted by molar-refractivity contribution is -0.119. The molecule has 162 valence electrons. The summed E-state index contributed by atoms with van der Waals surface area (Å²) in [6.07, 6.45) is 2.65. The van der Waals surface area contributed by atoms with Gasteiger partial charge in [-0.05, 0) is 47.9 Å². The third-order valence-corrected chi connectivity index (χ3v) is 5.65. The molecule has 0 unspecified atom stereocenters. The summed E-state index contributed by atoms with van der Waals surface area (Å²) in [5, 5.41) is 8.35. The number of nitrogens with zero attached hydrogens (tertiary/aromatic N) is 5. The van der Waals surface area contributed by atoms with Crippen LogP contribution in [0, 0.1) is 0 Å². The number of rotatable bonds is 6. The number of amides is 1. The van der Waals surface area contributed by atoms with E-state index >= 15 is 0 Å². The Hall–Kier alpha value is -3.49. The van der Waals surface area contributed by atoms with E-state index in [1.807, 2.05) is 47.4 Å². The van der Waals surface area contributed by atoms with Gasteiger partial charge in [0.1, 0.15) is 12.1 Å². The number of carbonyl (C=O) groups is 1. The molecule has 0 saturated carbocycles. The number of anilines is 3. The Morgan fingerprint density at radius 1 is 1.12 bits per heavy atom. The van der Waals surface area contributed by atoms with Gasteiger partial charge in [0.15, 0.2) is 0 Å². The van der Waals surface area contributed by atoms with Crippen LogP contribution in [-0.2, 0) is 29.1 Å². The van der Waals surface area contributed by atoms with Crippen molar-refractivity contribution in [2.75, 3.05) is 17.3 Å². The molecule has 3 heterocycles. The van der Waals surface area contributed by atoms with Crippen LogP contribution >= 0.6 is 11.6 Å². The number of aromatic nitrogens is 4. The van der Waals surface area contributed by atoms with Gasteiger partial charge in [0.05, 0.1) is 18.8 Å². The summed E-state index contributed by atoms with van der Waals surface area (Å²) in [5.74, 6) is 1.36. The van der Waals surface area contributed by atoms with Crippen molar-refractivity contribution in [3.63, 3.8) is 0 Å². The van der Waals surface area contributed by atoms with Crippen molar-refractivity contribution in [1.29, 1.82) is 0 Å². The van der Waals surface area contributed by atoms with Gasteiger partial charge in [0.2, 0.25) is 5.91 Å². The predicted molar refractivity (Wildman–Crippen MR) is 122 cm³/mol.